The van der Waals surface area contributed by atoms with Crippen LogP contribution in [0.5, 0.6) is 0 Å². The van der Waals surface area contributed by atoms with Crippen LogP contribution < -0.4 is 16.0 Å². The quantitative estimate of drug-likeness (QED) is 0.598. The first-order valence-electron chi connectivity index (χ1n) is 11.8. The van der Waals surface area contributed by atoms with Gasteiger partial charge in [-0.2, -0.15) is 4.31 Å². The Bertz CT molecular complexity index is 929. The summed E-state index contributed by atoms with van der Waals surface area (Å²) in [7, 11) is -3.58. The lowest BCUT2D eigenvalue weighted by Gasteiger charge is -2.45. The Morgan fingerprint density at radius 2 is 1.75 bits per heavy atom. The fraction of sp³-hybridized carbons (Fsp3) is 0.652. The Morgan fingerprint density at radius 3 is 2.38 bits per heavy atom. The first-order valence-corrected chi connectivity index (χ1v) is 13.3. The molecule has 0 atom stereocenters. The molecule has 32 heavy (non-hydrogen) atoms. The maximum Gasteiger partial charge on any atom is 0.243 e. The maximum absolute atomic E-state index is 13.2. The van der Waals surface area contributed by atoms with E-state index >= 15 is 0 Å². The summed E-state index contributed by atoms with van der Waals surface area (Å²) in [6.07, 6.45) is 8.92. The van der Waals surface area contributed by atoms with Gasteiger partial charge in [0.05, 0.1) is 17.0 Å². The minimum absolute atomic E-state index is 0.183. The van der Waals surface area contributed by atoms with Gasteiger partial charge in [0.2, 0.25) is 15.9 Å². The molecule has 1 saturated heterocycles. The molecule has 3 N–H and O–H groups in total. The molecule has 2 heterocycles. The van der Waals surface area contributed by atoms with Crippen molar-refractivity contribution < 1.29 is 13.2 Å². The normalized spacial score (nSPS) is 22.7. The predicted octanol–water partition coefficient (Wildman–Crippen LogP) is 2.48. The fourth-order valence-corrected chi connectivity index (χ4v) is 6.52. The lowest BCUT2D eigenvalue weighted by molar-refractivity contribution is -0.114. The van der Waals surface area contributed by atoms with Gasteiger partial charge < -0.3 is 16.0 Å². The average Bonchev–Trinajstić information content (AvgIpc) is 3.05. The highest BCUT2D eigenvalue weighted by Crippen LogP contribution is 2.30. The van der Waals surface area contributed by atoms with Gasteiger partial charge in [0.1, 0.15) is 5.84 Å². The number of rotatable bonds is 4. The molecule has 3 aliphatic rings. The number of hydrogen-bond donors (Lipinski definition) is 3. The van der Waals surface area contributed by atoms with Gasteiger partial charge in [-0.15, -0.1) is 0 Å². The van der Waals surface area contributed by atoms with Crippen LogP contribution in [0.2, 0.25) is 0 Å². The second kappa shape index (κ2) is 9.89. The number of anilines is 1. The van der Waals surface area contributed by atoms with E-state index in [-0.39, 0.29) is 16.3 Å². The Balaban J connectivity index is 1.43. The van der Waals surface area contributed by atoms with Crippen molar-refractivity contribution in [1.29, 1.82) is 0 Å². The smallest absolute Gasteiger partial charge is 0.243 e. The van der Waals surface area contributed by atoms with Gasteiger partial charge in [0, 0.05) is 38.3 Å². The minimum Gasteiger partial charge on any atom is -0.370 e. The van der Waals surface area contributed by atoms with Crippen LogP contribution in [0.1, 0.15) is 58.3 Å². The number of nitrogens with zero attached hydrogens (tertiary/aromatic N) is 2. The summed E-state index contributed by atoms with van der Waals surface area (Å²) in [5, 5.41) is 10.1. The van der Waals surface area contributed by atoms with E-state index in [0.717, 1.165) is 18.9 Å². The molecule has 0 aromatic heterocycles. The molecule has 1 spiro atoms. The first kappa shape index (κ1) is 23.2. The molecule has 0 unspecified atom stereocenters. The van der Waals surface area contributed by atoms with Crippen molar-refractivity contribution in [3.05, 3.63) is 24.3 Å². The van der Waals surface area contributed by atoms with Gasteiger partial charge in [-0.25, -0.2) is 8.42 Å². The molecule has 2 aliphatic heterocycles. The molecule has 1 aliphatic carbocycles. The molecule has 2 fully saturated rings. The van der Waals surface area contributed by atoms with Crippen LogP contribution >= 0.6 is 0 Å². The van der Waals surface area contributed by atoms with E-state index in [1.54, 1.807) is 28.6 Å². The first-order chi connectivity index (χ1) is 15.4. The van der Waals surface area contributed by atoms with Gasteiger partial charge in [-0.05, 0) is 49.9 Å². The van der Waals surface area contributed by atoms with Crippen LogP contribution in [0.25, 0.3) is 0 Å². The molecule has 4 rings (SSSR count). The number of amidine groups is 1. The Labute approximate surface area is 191 Å². The number of benzene rings is 1. The third kappa shape index (κ3) is 5.15. The van der Waals surface area contributed by atoms with Gasteiger partial charge in [0.25, 0.3) is 0 Å². The molecule has 0 bridgehead atoms. The van der Waals surface area contributed by atoms with Gasteiger partial charge in [0.15, 0.2) is 0 Å². The zero-order valence-electron chi connectivity index (χ0n) is 18.9. The Hall–Kier alpha value is -1.97. The summed E-state index contributed by atoms with van der Waals surface area (Å²) in [4.78, 5) is 16.3. The van der Waals surface area contributed by atoms with E-state index in [2.05, 4.69) is 16.0 Å². The highest BCUT2D eigenvalue weighted by molar-refractivity contribution is 7.89. The topological polar surface area (TPSA) is 103 Å². The third-order valence-corrected chi connectivity index (χ3v) is 8.80. The monoisotopic (exact) mass is 461 g/mol. The van der Waals surface area contributed by atoms with Crippen molar-refractivity contribution in [2.45, 2.75) is 74.8 Å². The van der Waals surface area contributed by atoms with E-state index < -0.39 is 10.0 Å². The van der Waals surface area contributed by atoms with Crippen LogP contribution in [0.3, 0.4) is 0 Å². The number of carbonyl (C=O) groups is 1. The Kier molecular flexibility index (Phi) is 7.17. The molecule has 9 heteroatoms. The maximum atomic E-state index is 13.2. The molecule has 1 aromatic rings. The number of nitrogens with one attached hydrogen (secondary N) is 3. The zero-order chi connectivity index (χ0) is 22.6. The average molecular weight is 462 g/mol. The zero-order valence-corrected chi connectivity index (χ0v) is 19.7. The molecule has 0 radical (unpaired) electrons. The van der Waals surface area contributed by atoms with Crippen molar-refractivity contribution in [1.82, 2.24) is 14.9 Å². The van der Waals surface area contributed by atoms with Gasteiger partial charge in [-0.3, -0.25) is 9.79 Å². The lowest BCUT2D eigenvalue weighted by Crippen LogP contribution is -2.65. The Morgan fingerprint density at radius 1 is 1.09 bits per heavy atom. The summed E-state index contributed by atoms with van der Waals surface area (Å²) in [5.74, 6) is 0.851. The van der Waals surface area contributed by atoms with E-state index in [4.69, 9.17) is 4.99 Å². The van der Waals surface area contributed by atoms with Crippen LogP contribution in [0.4, 0.5) is 5.69 Å². The van der Waals surface area contributed by atoms with Crippen LogP contribution in [-0.4, -0.2) is 62.2 Å². The SMILES string of the molecule is CC(=O)Nc1ccc(S(=O)(=O)N2CCC3(CC2)NCCN=C3NC2CCCCCC2)cc1. The van der Waals surface area contributed by atoms with Crippen molar-refractivity contribution in [2.24, 2.45) is 4.99 Å². The fourth-order valence-electron chi connectivity index (χ4n) is 5.08. The molecule has 8 nitrogen and oxygen atoms in total. The highest BCUT2D eigenvalue weighted by atomic mass is 32.2. The van der Waals surface area contributed by atoms with Gasteiger partial charge in [-0.1, -0.05) is 25.7 Å². The van der Waals surface area contributed by atoms with Gasteiger partial charge >= 0.3 is 0 Å². The summed E-state index contributed by atoms with van der Waals surface area (Å²) < 4.78 is 28.0. The molecular formula is C23H35N5O3S. The van der Waals surface area contributed by atoms with E-state index in [1.807, 2.05) is 0 Å². The van der Waals surface area contributed by atoms with Crippen molar-refractivity contribution in [2.75, 3.05) is 31.5 Å². The molecule has 1 amide bonds. The molecule has 176 valence electrons. The molecular weight excluding hydrogens is 426 g/mol. The highest BCUT2D eigenvalue weighted by Gasteiger charge is 2.43. The van der Waals surface area contributed by atoms with Crippen molar-refractivity contribution >= 4 is 27.5 Å². The van der Waals surface area contributed by atoms with E-state index in [9.17, 15) is 13.2 Å². The summed E-state index contributed by atoms with van der Waals surface area (Å²) in [6.45, 7) is 3.92. The molecule has 1 saturated carbocycles. The lowest BCUT2D eigenvalue weighted by atomic mass is 9.85. The summed E-state index contributed by atoms with van der Waals surface area (Å²) in [5.41, 5.74) is 0.331. The number of amides is 1. The van der Waals surface area contributed by atoms with Crippen molar-refractivity contribution in [3.63, 3.8) is 0 Å². The number of sulfonamides is 1. The second-order valence-corrected chi connectivity index (χ2v) is 11.1. The number of piperidine rings is 1. The van der Waals surface area contributed by atoms with E-state index in [0.29, 0.717) is 37.7 Å². The second-order valence-electron chi connectivity index (χ2n) is 9.18. The van der Waals surface area contributed by atoms with Crippen molar-refractivity contribution in [3.8, 4) is 0 Å². The predicted molar refractivity (Wildman–Crippen MR) is 126 cm³/mol. The molecule has 1 aromatic carbocycles. The standard InChI is InChI=1S/C23H35N5O3S/c1-18(29)26-20-8-10-21(11-9-20)32(30,31)28-16-12-23(13-17-28)22(24-14-15-25-23)27-19-6-4-2-3-5-7-19/h8-11,19,25H,2-7,12-17H2,1H3,(H,24,27)(H,26,29). The van der Waals surface area contributed by atoms with Crippen LogP contribution in [0.15, 0.2) is 34.2 Å². The number of carbonyl (C=O) groups excluding carboxylic acids is 1. The largest absolute Gasteiger partial charge is 0.370 e. The number of hydrogen-bond acceptors (Lipinski definition) is 6. The summed E-state index contributed by atoms with van der Waals surface area (Å²) >= 11 is 0. The minimum atomic E-state index is -3.58. The van der Waals surface area contributed by atoms with Crippen LogP contribution in [-0.2, 0) is 14.8 Å². The summed E-state index contributed by atoms with van der Waals surface area (Å²) in [6, 6.07) is 6.85. The van der Waals surface area contributed by atoms with E-state index in [1.165, 1.54) is 45.4 Å². The number of aliphatic imine (C=N–C) groups is 1. The third-order valence-electron chi connectivity index (χ3n) is 6.88. The van der Waals surface area contributed by atoms with Crippen LogP contribution in [0, 0.1) is 0 Å².